The quantitative estimate of drug-likeness (QED) is 0.140. The van der Waals surface area contributed by atoms with Gasteiger partial charge in [-0.25, -0.2) is 0 Å². The summed E-state index contributed by atoms with van der Waals surface area (Å²) in [6, 6.07) is 76.2. The highest BCUT2D eigenvalue weighted by Gasteiger charge is 2.28. The van der Waals surface area contributed by atoms with Gasteiger partial charge in [0.15, 0.2) is 0 Å². The van der Waals surface area contributed by atoms with Crippen LogP contribution in [-0.4, -0.2) is 45.3 Å². The maximum Gasteiger partial charge on any atom is 0.132 e. The van der Waals surface area contributed by atoms with Crippen LogP contribution in [0, 0.1) is 0 Å². The largest absolute Gasteiger partial charge is 0.507 e. The predicted octanol–water partition coefficient (Wildman–Crippen LogP) is 16.8. The summed E-state index contributed by atoms with van der Waals surface area (Å²) < 4.78 is 0. The number of benzene rings is 12. The number of phenols is 4. The van der Waals surface area contributed by atoms with Crippen molar-refractivity contribution in [3.05, 3.63) is 287 Å². The second kappa shape index (κ2) is 21.2. The molecule has 1 aliphatic heterocycles. The molecule has 12 aromatic rings. The molecule has 13 rings (SSSR count). The van der Waals surface area contributed by atoms with Crippen molar-refractivity contribution < 1.29 is 20.4 Å². The van der Waals surface area contributed by atoms with Crippen molar-refractivity contribution in [3.8, 4) is 45.3 Å². The molecule has 1 aliphatic rings. The molecule has 0 radical (unpaired) electrons. The fourth-order valence-electron chi connectivity index (χ4n) is 11.4. The lowest BCUT2D eigenvalue weighted by atomic mass is 9.90. The van der Waals surface area contributed by atoms with E-state index in [0.717, 1.165) is 65.3 Å². The topological polar surface area (TPSA) is 130 Å². The molecule has 0 amide bonds. The number of hydrogen-bond acceptors (Lipinski definition) is 8. The Bertz CT molecular complexity index is 3860. The number of fused-ring (bicyclic) bond motifs is 18. The van der Waals surface area contributed by atoms with Crippen LogP contribution in [0.2, 0.25) is 0 Å². The molecule has 0 fully saturated rings. The molecule has 80 heavy (non-hydrogen) atoms. The number of aromatic hydroxyl groups is 4. The van der Waals surface area contributed by atoms with Gasteiger partial charge in [-0.3, -0.25) is 20.0 Å². The van der Waals surface area contributed by atoms with E-state index in [1.54, 1.807) is 24.9 Å². The van der Waals surface area contributed by atoms with Gasteiger partial charge in [0, 0.05) is 69.4 Å². The highest BCUT2D eigenvalue weighted by molar-refractivity contribution is 6.12. The number of phenolic OH excluding ortho intramolecular Hbond substituents is 4. The minimum Gasteiger partial charge on any atom is -0.507 e. The summed E-state index contributed by atoms with van der Waals surface area (Å²) in [6.45, 7) is 0. The Kier molecular flexibility index (Phi) is 13.0. The molecule has 8 heteroatoms. The van der Waals surface area contributed by atoms with Gasteiger partial charge in [-0.15, -0.1) is 0 Å². The molecule has 384 valence electrons. The molecule has 4 unspecified atom stereocenters. The van der Waals surface area contributed by atoms with Crippen LogP contribution in [0.5, 0.6) is 23.0 Å². The minimum atomic E-state index is -0.653. The van der Waals surface area contributed by atoms with Crippen molar-refractivity contribution in [1.82, 2.24) is 0 Å². The summed E-state index contributed by atoms with van der Waals surface area (Å²) in [6.07, 6.45) is 6.91. The molecule has 0 saturated carbocycles. The summed E-state index contributed by atoms with van der Waals surface area (Å²) in [7, 11) is 0. The number of hydrogen-bond donors (Lipinski definition) is 4. The summed E-state index contributed by atoms with van der Waals surface area (Å²) in [4.78, 5) is 21.7. The second-order valence-corrected chi connectivity index (χ2v) is 20.2. The van der Waals surface area contributed by atoms with E-state index in [1.807, 2.05) is 243 Å². The van der Waals surface area contributed by atoms with E-state index in [9.17, 15) is 20.4 Å². The van der Waals surface area contributed by atoms with Crippen LogP contribution in [0.3, 0.4) is 0 Å². The van der Waals surface area contributed by atoms with Crippen molar-refractivity contribution in [2.45, 2.75) is 24.2 Å². The van der Waals surface area contributed by atoms with Gasteiger partial charge < -0.3 is 20.4 Å². The molecule has 0 spiro atoms. The van der Waals surface area contributed by atoms with Crippen LogP contribution in [0.25, 0.3) is 65.3 Å². The van der Waals surface area contributed by atoms with Crippen molar-refractivity contribution in [1.29, 1.82) is 0 Å². The zero-order valence-corrected chi connectivity index (χ0v) is 43.3. The van der Waals surface area contributed by atoms with Gasteiger partial charge in [0.2, 0.25) is 0 Å². The zero-order valence-electron chi connectivity index (χ0n) is 43.3. The van der Waals surface area contributed by atoms with E-state index < -0.39 is 24.2 Å². The maximum atomic E-state index is 12.8. The SMILES string of the molecule is Oc1c2cc3ccccc3c1C=NC(c1ccccc1)C(c1ccccc1)N=Cc1c(O)c(cc3ccccc13)-c1cc3ccccc3c(c1O)C=NC(c1ccccc1)C(c1ccccc1)N=Cc1c(O)c-2cc2ccccc12. The molecule has 12 aromatic carbocycles. The lowest BCUT2D eigenvalue weighted by molar-refractivity contribution is 0.469. The van der Waals surface area contributed by atoms with E-state index in [2.05, 4.69) is 0 Å². The van der Waals surface area contributed by atoms with Gasteiger partial charge in [0.1, 0.15) is 47.2 Å². The molecular formula is C72H52N4O4. The molecule has 0 aliphatic carbocycles. The fourth-order valence-corrected chi connectivity index (χ4v) is 11.4. The number of aliphatic imine (C=N–C) groups is 4. The van der Waals surface area contributed by atoms with Crippen LogP contribution in [0.1, 0.15) is 68.7 Å². The van der Waals surface area contributed by atoms with Gasteiger partial charge in [-0.2, -0.15) is 0 Å². The van der Waals surface area contributed by atoms with Gasteiger partial charge in [-0.05, 0) is 89.6 Å². The van der Waals surface area contributed by atoms with Crippen LogP contribution in [0.4, 0.5) is 0 Å². The summed E-state index contributed by atoms with van der Waals surface area (Å²) in [5.74, 6) is -0.242. The maximum absolute atomic E-state index is 12.8. The smallest absolute Gasteiger partial charge is 0.132 e. The Hall–Kier alpha value is -10.4. The molecule has 0 saturated heterocycles. The highest BCUT2D eigenvalue weighted by Crippen LogP contribution is 2.48. The average Bonchev–Trinajstić information content (AvgIpc) is 3.52. The lowest BCUT2D eigenvalue weighted by Gasteiger charge is -2.23. The zero-order chi connectivity index (χ0) is 54.1. The average molecular weight is 1040 g/mol. The molecule has 8 bridgehead atoms. The van der Waals surface area contributed by atoms with Crippen molar-refractivity contribution in [2.75, 3.05) is 0 Å². The molecule has 0 aromatic heterocycles. The van der Waals surface area contributed by atoms with Crippen LogP contribution < -0.4 is 0 Å². The van der Waals surface area contributed by atoms with E-state index >= 15 is 0 Å². The van der Waals surface area contributed by atoms with E-state index in [1.165, 1.54) is 0 Å². The lowest BCUT2D eigenvalue weighted by Crippen LogP contribution is -2.10. The Morgan fingerprint density at radius 3 is 0.625 bits per heavy atom. The number of nitrogens with zero attached hydrogens (tertiary/aromatic N) is 4. The van der Waals surface area contributed by atoms with Crippen LogP contribution in [-0.2, 0) is 0 Å². The monoisotopic (exact) mass is 1040 g/mol. The third kappa shape index (κ3) is 9.08. The van der Waals surface area contributed by atoms with Crippen LogP contribution in [0.15, 0.2) is 263 Å². The first-order valence-electron chi connectivity index (χ1n) is 26.7. The minimum absolute atomic E-state index is 0.0604. The summed E-state index contributed by atoms with van der Waals surface area (Å²) in [5.41, 5.74) is 6.98. The second-order valence-electron chi connectivity index (χ2n) is 20.2. The molecule has 4 N–H and O–H groups in total. The first-order valence-corrected chi connectivity index (χ1v) is 26.7. The molecule has 1 heterocycles. The third-order valence-electron chi connectivity index (χ3n) is 15.4. The van der Waals surface area contributed by atoms with Crippen molar-refractivity contribution >= 4 is 67.9 Å². The molecular weight excluding hydrogens is 985 g/mol. The van der Waals surface area contributed by atoms with E-state index in [0.29, 0.717) is 44.5 Å². The van der Waals surface area contributed by atoms with Gasteiger partial charge in [-0.1, -0.05) is 218 Å². The molecule has 8 nitrogen and oxygen atoms in total. The predicted molar refractivity (Wildman–Crippen MR) is 328 cm³/mol. The number of rotatable bonds is 4. The highest BCUT2D eigenvalue weighted by atomic mass is 16.3. The fraction of sp³-hybridized carbons (Fsp3) is 0.0556. The van der Waals surface area contributed by atoms with Crippen molar-refractivity contribution in [3.63, 3.8) is 0 Å². The Morgan fingerprint density at radius 2 is 0.412 bits per heavy atom. The Labute approximate surface area is 462 Å². The van der Waals surface area contributed by atoms with E-state index in [-0.39, 0.29) is 23.0 Å². The normalized spacial score (nSPS) is 16.5. The summed E-state index contributed by atoms with van der Waals surface area (Å²) >= 11 is 0. The Morgan fingerprint density at radius 1 is 0.225 bits per heavy atom. The van der Waals surface area contributed by atoms with Gasteiger partial charge in [0.05, 0.1) is 0 Å². The van der Waals surface area contributed by atoms with Crippen molar-refractivity contribution in [2.24, 2.45) is 20.0 Å². The third-order valence-corrected chi connectivity index (χ3v) is 15.4. The van der Waals surface area contributed by atoms with Gasteiger partial charge >= 0.3 is 0 Å². The standard InChI is InChI=1S/C72H52N4O4/c77-69-57-37-49-29-13-17-33-53(49)61(69)41-73-65(45-21-5-1-6-22-45)66(46-23-7-2-8-24-46)74-42-62-54-34-18-14-30-50(54)38-59(70(62)78)60-40-52-32-16-20-36-56(52)64(72(60)80)44-76-68(48-27-11-4-12-28-48)67(47-25-9-3-10-26-47)75-43-63-55-35-19-15-31-51(55)39-58(57)71(63)79/h1-44,65-68,77-80H. The van der Waals surface area contributed by atoms with Crippen LogP contribution >= 0.6 is 0 Å². The Balaban J connectivity index is 1.13. The first-order chi connectivity index (χ1) is 39.4. The van der Waals surface area contributed by atoms with E-state index in [4.69, 9.17) is 20.0 Å². The first kappa shape index (κ1) is 49.2. The molecule has 4 atom stereocenters. The van der Waals surface area contributed by atoms with Gasteiger partial charge in [0.25, 0.3) is 0 Å². The summed E-state index contributed by atoms with van der Waals surface area (Å²) in [5, 5.41) is 57.7.